The lowest BCUT2D eigenvalue weighted by Crippen LogP contribution is -2.30. The van der Waals surface area contributed by atoms with Crippen LogP contribution in [0.4, 0.5) is 0 Å². The van der Waals surface area contributed by atoms with Gasteiger partial charge in [0.1, 0.15) is 5.75 Å². The van der Waals surface area contributed by atoms with Crippen molar-refractivity contribution in [2.75, 3.05) is 18.9 Å². The quantitative estimate of drug-likeness (QED) is 0.261. The van der Waals surface area contributed by atoms with Crippen molar-refractivity contribution >= 4 is 45.7 Å². The molecular weight excluding hydrogens is 514 g/mol. The predicted octanol–water partition coefficient (Wildman–Crippen LogP) is 4.57. The van der Waals surface area contributed by atoms with E-state index >= 15 is 0 Å². The first-order valence-corrected chi connectivity index (χ1v) is 12.7. The van der Waals surface area contributed by atoms with Crippen molar-refractivity contribution in [1.82, 2.24) is 10.7 Å². The minimum absolute atomic E-state index is 0.0458. The van der Waals surface area contributed by atoms with Gasteiger partial charge < -0.3 is 10.1 Å². The second-order valence-corrected chi connectivity index (χ2v) is 9.26. The van der Waals surface area contributed by atoms with E-state index in [1.54, 1.807) is 30.5 Å². The number of rotatable bonds is 12. The summed E-state index contributed by atoms with van der Waals surface area (Å²) in [6.45, 7) is 0.520. The number of carbonyl (C=O) groups is 2. The molecule has 0 atom stereocenters. The van der Waals surface area contributed by atoms with E-state index in [2.05, 4.69) is 31.8 Å². The fraction of sp³-hybridized carbons (Fsp3) is 0.192. The number of carbonyl (C=O) groups excluding carboxylic acids is 2. The number of nitrogens with zero attached hydrogens (tertiary/aromatic N) is 1. The SMILES string of the molecule is O=C(COc1ccc(/C=N\NC(=O)CSCc2cccc(Br)c2)cc1)NCCc1ccccc1. The molecule has 0 fully saturated rings. The molecular formula is C26H26BrN3O3S. The molecule has 0 unspecified atom stereocenters. The highest BCUT2D eigenvalue weighted by Crippen LogP contribution is 2.17. The number of amides is 2. The van der Waals surface area contributed by atoms with E-state index in [1.165, 1.54) is 17.3 Å². The molecule has 34 heavy (non-hydrogen) atoms. The Morgan fingerprint density at radius 3 is 2.47 bits per heavy atom. The number of thioether (sulfide) groups is 1. The summed E-state index contributed by atoms with van der Waals surface area (Å²) in [6, 6.07) is 25.1. The van der Waals surface area contributed by atoms with Gasteiger partial charge >= 0.3 is 0 Å². The summed E-state index contributed by atoms with van der Waals surface area (Å²) in [5, 5.41) is 6.84. The highest BCUT2D eigenvalue weighted by Gasteiger charge is 2.03. The molecule has 0 aliphatic rings. The largest absolute Gasteiger partial charge is 0.484 e. The first-order valence-electron chi connectivity index (χ1n) is 10.8. The Bertz CT molecular complexity index is 1090. The van der Waals surface area contributed by atoms with Gasteiger partial charge in [-0.3, -0.25) is 9.59 Å². The average molecular weight is 540 g/mol. The maximum absolute atomic E-state index is 11.9. The van der Waals surface area contributed by atoms with E-state index in [4.69, 9.17) is 4.74 Å². The molecule has 0 aromatic heterocycles. The van der Waals surface area contributed by atoms with Gasteiger partial charge in [-0.05, 0) is 59.5 Å². The standard InChI is InChI=1S/C26H26BrN3O3S/c27-23-8-4-7-22(15-23)18-34-19-26(32)30-29-16-21-9-11-24(12-10-21)33-17-25(31)28-14-13-20-5-2-1-3-6-20/h1-12,15-16H,13-14,17-19H2,(H,28,31)(H,30,32)/b29-16-. The van der Waals surface area contributed by atoms with Crippen molar-refractivity contribution in [3.63, 3.8) is 0 Å². The summed E-state index contributed by atoms with van der Waals surface area (Å²) in [5.74, 6) is 1.34. The maximum Gasteiger partial charge on any atom is 0.257 e. The lowest BCUT2D eigenvalue weighted by atomic mass is 10.1. The first-order chi connectivity index (χ1) is 16.6. The Morgan fingerprint density at radius 2 is 1.71 bits per heavy atom. The lowest BCUT2D eigenvalue weighted by Gasteiger charge is -2.08. The van der Waals surface area contributed by atoms with Crippen LogP contribution in [0.3, 0.4) is 0 Å². The predicted molar refractivity (Wildman–Crippen MR) is 141 cm³/mol. The number of hydrazone groups is 1. The van der Waals surface area contributed by atoms with Gasteiger partial charge in [0.2, 0.25) is 5.91 Å². The molecule has 0 saturated carbocycles. The van der Waals surface area contributed by atoms with Crippen LogP contribution in [0.15, 0.2) is 88.4 Å². The summed E-state index contributed by atoms with van der Waals surface area (Å²) < 4.78 is 6.55. The normalized spacial score (nSPS) is 10.7. The monoisotopic (exact) mass is 539 g/mol. The Kier molecular flexibility index (Phi) is 10.7. The Labute approximate surface area is 212 Å². The Hall–Kier alpha value is -3.10. The smallest absolute Gasteiger partial charge is 0.257 e. The van der Waals surface area contributed by atoms with Gasteiger partial charge in [-0.2, -0.15) is 5.10 Å². The molecule has 0 bridgehead atoms. The van der Waals surface area contributed by atoms with Gasteiger partial charge in [-0.1, -0.05) is 58.4 Å². The zero-order chi connectivity index (χ0) is 24.0. The summed E-state index contributed by atoms with van der Waals surface area (Å²) >= 11 is 4.97. The fourth-order valence-corrected chi connectivity index (χ4v) is 4.15. The van der Waals surface area contributed by atoms with Crippen molar-refractivity contribution in [2.45, 2.75) is 12.2 Å². The minimum atomic E-state index is -0.165. The van der Waals surface area contributed by atoms with Gasteiger partial charge in [0.05, 0.1) is 12.0 Å². The average Bonchev–Trinajstić information content (AvgIpc) is 2.84. The third kappa shape index (κ3) is 9.80. The minimum Gasteiger partial charge on any atom is -0.484 e. The highest BCUT2D eigenvalue weighted by molar-refractivity contribution is 9.10. The van der Waals surface area contributed by atoms with Crippen LogP contribution in [0, 0.1) is 0 Å². The van der Waals surface area contributed by atoms with Crippen LogP contribution in [0.2, 0.25) is 0 Å². The second kappa shape index (κ2) is 14.2. The molecule has 0 aliphatic heterocycles. The third-order valence-corrected chi connectivity index (χ3v) is 6.12. The number of halogens is 1. The Morgan fingerprint density at radius 1 is 0.941 bits per heavy atom. The molecule has 0 heterocycles. The van der Waals surface area contributed by atoms with Gasteiger partial charge in [-0.15, -0.1) is 11.8 Å². The summed E-state index contributed by atoms with van der Waals surface area (Å²) in [5.41, 5.74) is 5.67. The molecule has 2 amide bonds. The van der Waals surface area contributed by atoms with Gasteiger partial charge in [-0.25, -0.2) is 5.43 Å². The molecule has 0 radical (unpaired) electrons. The van der Waals surface area contributed by atoms with Crippen LogP contribution in [0.5, 0.6) is 5.75 Å². The third-order valence-electron chi connectivity index (χ3n) is 4.62. The fourth-order valence-electron chi connectivity index (χ4n) is 2.94. The van der Waals surface area contributed by atoms with Crippen molar-refractivity contribution in [2.24, 2.45) is 5.10 Å². The summed E-state index contributed by atoms with van der Waals surface area (Å²) in [4.78, 5) is 23.9. The van der Waals surface area contributed by atoms with Gasteiger partial charge in [0.25, 0.3) is 5.91 Å². The van der Waals surface area contributed by atoms with E-state index in [9.17, 15) is 9.59 Å². The first kappa shape index (κ1) is 25.5. The number of nitrogens with one attached hydrogen (secondary N) is 2. The zero-order valence-corrected chi connectivity index (χ0v) is 21.0. The van der Waals surface area contributed by atoms with E-state index in [1.807, 2.05) is 54.6 Å². The van der Waals surface area contributed by atoms with Gasteiger partial charge in [0, 0.05) is 16.8 Å². The number of benzene rings is 3. The van der Waals surface area contributed by atoms with Crippen LogP contribution >= 0.6 is 27.7 Å². The van der Waals surface area contributed by atoms with Gasteiger partial charge in [0.15, 0.2) is 6.61 Å². The van der Waals surface area contributed by atoms with Crippen molar-refractivity contribution in [3.05, 3.63) is 100 Å². The number of ether oxygens (including phenoxy) is 1. The topological polar surface area (TPSA) is 79.8 Å². The molecule has 176 valence electrons. The second-order valence-electron chi connectivity index (χ2n) is 7.36. The lowest BCUT2D eigenvalue weighted by molar-refractivity contribution is -0.123. The molecule has 6 nitrogen and oxygen atoms in total. The van der Waals surface area contributed by atoms with Crippen molar-refractivity contribution < 1.29 is 14.3 Å². The van der Waals surface area contributed by atoms with Crippen LogP contribution in [-0.2, 0) is 21.8 Å². The molecule has 2 N–H and O–H groups in total. The van der Waals surface area contributed by atoms with Crippen molar-refractivity contribution in [3.8, 4) is 5.75 Å². The van der Waals surface area contributed by atoms with E-state index < -0.39 is 0 Å². The van der Waals surface area contributed by atoms with E-state index in [0.717, 1.165) is 27.8 Å². The van der Waals surface area contributed by atoms with Crippen LogP contribution in [0.1, 0.15) is 16.7 Å². The molecule has 3 rings (SSSR count). The zero-order valence-electron chi connectivity index (χ0n) is 18.6. The van der Waals surface area contributed by atoms with Crippen LogP contribution < -0.4 is 15.5 Å². The van der Waals surface area contributed by atoms with Crippen molar-refractivity contribution in [1.29, 1.82) is 0 Å². The molecule has 8 heteroatoms. The summed E-state index contributed by atoms with van der Waals surface area (Å²) in [7, 11) is 0. The van der Waals surface area contributed by atoms with E-state index in [-0.39, 0.29) is 18.4 Å². The Balaban J connectivity index is 1.30. The highest BCUT2D eigenvalue weighted by atomic mass is 79.9. The van der Waals surface area contributed by atoms with E-state index in [0.29, 0.717) is 18.0 Å². The summed E-state index contributed by atoms with van der Waals surface area (Å²) in [6.07, 6.45) is 2.35. The number of hydrogen-bond acceptors (Lipinski definition) is 5. The van der Waals surface area contributed by atoms with Crippen LogP contribution in [0.25, 0.3) is 0 Å². The maximum atomic E-state index is 11.9. The number of hydrogen-bond donors (Lipinski definition) is 2. The molecule has 0 saturated heterocycles. The molecule has 3 aromatic carbocycles. The van der Waals surface area contributed by atoms with Crippen LogP contribution in [-0.4, -0.2) is 36.9 Å². The molecule has 3 aromatic rings. The molecule has 0 aliphatic carbocycles. The molecule has 0 spiro atoms.